The molecule has 102 valence electrons. The molecule has 0 spiro atoms. The first-order chi connectivity index (χ1) is 8.67. The number of anilines is 1. The zero-order chi connectivity index (χ0) is 13.5. The van der Waals surface area contributed by atoms with Crippen LogP contribution >= 0.6 is 0 Å². The number of esters is 1. The fraction of sp³-hybridized carbons (Fsp3) is 0.750. The maximum Gasteiger partial charge on any atom is 0.318 e. The lowest BCUT2D eigenvalue weighted by Crippen LogP contribution is -2.23. The van der Waals surface area contributed by atoms with Gasteiger partial charge in [0.2, 0.25) is 5.89 Å². The molecule has 0 N–H and O–H groups in total. The molecule has 0 aromatic carbocycles. The van der Waals surface area contributed by atoms with Gasteiger partial charge in [0, 0.05) is 13.1 Å². The molecule has 6 heteroatoms. The lowest BCUT2D eigenvalue weighted by molar-refractivity contribution is -0.145. The lowest BCUT2D eigenvalue weighted by Gasteiger charge is -2.14. The Morgan fingerprint density at radius 1 is 1.33 bits per heavy atom. The third-order valence-electron chi connectivity index (χ3n) is 2.75. The maximum atomic E-state index is 11.7. The van der Waals surface area contributed by atoms with Crippen molar-refractivity contribution < 1.29 is 14.1 Å². The van der Waals surface area contributed by atoms with Gasteiger partial charge >= 0.3 is 5.97 Å². The monoisotopic (exact) mass is 255 g/mol. The summed E-state index contributed by atoms with van der Waals surface area (Å²) in [7, 11) is 0. The Morgan fingerprint density at radius 2 is 2.00 bits per heavy atom. The minimum atomic E-state index is -0.471. The predicted octanol–water partition coefficient (Wildman–Crippen LogP) is 1.97. The van der Waals surface area contributed by atoms with Crippen molar-refractivity contribution in [1.82, 2.24) is 10.1 Å². The SMILES string of the molecule is CCOC(=O)C(CC)c1nc(N(CC)CC)no1. The minimum Gasteiger partial charge on any atom is -0.465 e. The summed E-state index contributed by atoms with van der Waals surface area (Å²) >= 11 is 0. The molecule has 6 nitrogen and oxygen atoms in total. The van der Waals surface area contributed by atoms with Crippen molar-refractivity contribution in [2.24, 2.45) is 0 Å². The second-order valence-corrected chi connectivity index (χ2v) is 3.82. The molecule has 1 unspecified atom stereocenters. The lowest BCUT2D eigenvalue weighted by atomic mass is 10.1. The second-order valence-electron chi connectivity index (χ2n) is 3.82. The molecule has 1 aromatic heterocycles. The van der Waals surface area contributed by atoms with Gasteiger partial charge in [-0.2, -0.15) is 4.98 Å². The van der Waals surface area contributed by atoms with E-state index in [4.69, 9.17) is 9.26 Å². The number of aromatic nitrogens is 2. The van der Waals surface area contributed by atoms with Gasteiger partial charge in [0.15, 0.2) is 0 Å². The van der Waals surface area contributed by atoms with Crippen LogP contribution in [-0.2, 0) is 9.53 Å². The van der Waals surface area contributed by atoms with Crippen LogP contribution in [0.15, 0.2) is 4.52 Å². The summed E-state index contributed by atoms with van der Waals surface area (Å²) in [6, 6.07) is 0. The van der Waals surface area contributed by atoms with E-state index in [0.717, 1.165) is 13.1 Å². The van der Waals surface area contributed by atoms with E-state index in [1.54, 1.807) is 6.92 Å². The van der Waals surface area contributed by atoms with E-state index in [0.29, 0.717) is 24.9 Å². The molecule has 0 aliphatic carbocycles. The minimum absolute atomic E-state index is 0.310. The highest BCUT2D eigenvalue weighted by molar-refractivity contribution is 5.76. The van der Waals surface area contributed by atoms with Gasteiger partial charge in [0.25, 0.3) is 5.95 Å². The summed E-state index contributed by atoms with van der Waals surface area (Å²) in [5.41, 5.74) is 0. The number of ether oxygens (including phenoxy) is 1. The van der Waals surface area contributed by atoms with E-state index in [-0.39, 0.29) is 5.97 Å². The third kappa shape index (κ3) is 3.21. The summed E-state index contributed by atoms with van der Waals surface area (Å²) in [5.74, 6) is 0.0760. The maximum absolute atomic E-state index is 11.7. The van der Waals surface area contributed by atoms with Gasteiger partial charge in [-0.25, -0.2) is 0 Å². The Hall–Kier alpha value is -1.59. The van der Waals surface area contributed by atoms with Crippen LogP contribution in [0.3, 0.4) is 0 Å². The molecule has 0 fully saturated rings. The van der Waals surface area contributed by atoms with Gasteiger partial charge < -0.3 is 14.2 Å². The van der Waals surface area contributed by atoms with Crippen LogP contribution in [0.25, 0.3) is 0 Å². The van der Waals surface area contributed by atoms with Crippen LogP contribution in [0.2, 0.25) is 0 Å². The molecule has 1 aromatic rings. The first-order valence-electron chi connectivity index (χ1n) is 6.42. The first kappa shape index (κ1) is 14.5. The van der Waals surface area contributed by atoms with Crippen molar-refractivity contribution in [3.63, 3.8) is 0 Å². The molecule has 0 bridgehead atoms. The molecule has 0 saturated carbocycles. The molecular weight excluding hydrogens is 234 g/mol. The molecule has 0 aliphatic heterocycles. The average molecular weight is 255 g/mol. The zero-order valence-corrected chi connectivity index (χ0v) is 11.5. The van der Waals surface area contributed by atoms with E-state index in [2.05, 4.69) is 10.1 Å². The van der Waals surface area contributed by atoms with Crippen molar-refractivity contribution in [3.05, 3.63) is 5.89 Å². The number of nitrogens with zero attached hydrogens (tertiary/aromatic N) is 3. The van der Waals surface area contributed by atoms with Gasteiger partial charge in [-0.3, -0.25) is 4.79 Å². The number of carbonyl (C=O) groups excluding carboxylic acids is 1. The average Bonchev–Trinajstić information content (AvgIpc) is 2.81. The second kappa shape index (κ2) is 6.98. The van der Waals surface area contributed by atoms with Crippen LogP contribution in [0, 0.1) is 0 Å². The topological polar surface area (TPSA) is 68.5 Å². The first-order valence-corrected chi connectivity index (χ1v) is 6.42. The Morgan fingerprint density at radius 3 is 2.50 bits per heavy atom. The Labute approximate surface area is 107 Å². The van der Waals surface area contributed by atoms with Crippen LogP contribution in [0.1, 0.15) is 45.9 Å². The standard InChI is InChI=1S/C12H21N3O3/c1-5-9(11(16)17-8-4)10-13-12(14-18-10)15(6-2)7-3/h9H,5-8H2,1-4H3. The van der Waals surface area contributed by atoms with Gasteiger partial charge in [0.1, 0.15) is 5.92 Å². The van der Waals surface area contributed by atoms with Gasteiger partial charge in [0.05, 0.1) is 6.61 Å². The van der Waals surface area contributed by atoms with E-state index in [1.165, 1.54) is 0 Å². The molecular formula is C12H21N3O3. The normalized spacial score (nSPS) is 12.2. The van der Waals surface area contributed by atoms with Crippen LogP contribution in [0.4, 0.5) is 5.95 Å². The highest BCUT2D eigenvalue weighted by atomic mass is 16.5. The number of hydrogen-bond donors (Lipinski definition) is 0. The molecule has 1 rings (SSSR count). The molecule has 1 heterocycles. The van der Waals surface area contributed by atoms with Gasteiger partial charge in [-0.05, 0) is 32.3 Å². The molecule has 1 atom stereocenters. The summed E-state index contributed by atoms with van der Waals surface area (Å²) < 4.78 is 10.2. The number of hydrogen-bond acceptors (Lipinski definition) is 6. The summed E-state index contributed by atoms with van der Waals surface area (Å²) in [4.78, 5) is 18.0. The molecule has 0 amide bonds. The fourth-order valence-electron chi connectivity index (χ4n) is 1.69. The number of rotatable bonds is 7. The molecule has 18 heavy (non-hydrogen) atoms. The molecule has 0 radical (unpaired) electrons. The third-order valence-corrected chi connectivity index (χ3v) is 2.75. The van der Waals surface area contributed by atoms with E-state index >= 15 is 0 Å². The quantitative estimate of drug-likeness (QED) is 0.694. The molecule has 0 aliphatic rings. The van der Waals surface area contributed by atoms with Crippen molar-refractivity contribution in [2.75, 3.05) is 24.6 Å². The van der Waals surface area contributed by atoms with Crippen molar-refractivity contribution >= 4 is 11.9 Å². The highest BCUT2D eigenvalue weighted by Crippen LogP contribution is 2.21. The summed E-state index contributed by atoms with van der Waals surface area (Å²) in [6.45, 7) is 9.65. The Balaban J connectivity index is 2.85. The Bertz CT molecular complexity index is 374. The van der Waals surface area contributed by atoms with Crippen LogP contribution in [0.5, 0.6) is 0 Å². The molecule has 0 saturated heterocycles. The van der Waals surface area contributed by atoms with Crippen molar-refractivity contribution in [2.45, 2.75) is 40.0 Å². The number of carbonyl (C=O) groups is 1. The van der Waals surface area contributed by atoms with Crippen LogP contribution in [-0.4, -0.2) is 35.8 Å². The van der Waals surface area contributed by atoms with Crippen molar-refractivity contribution in [3.8, 4) is 0 Å². The van der Waals surface area contributed by atoms with E-state index < -0.39 is 5.92 Å². The smallest absolute Gasteiger partial charge is 0.318 e. The predicted molar refractivity (Wildman–Crippen MR) is 67.5 cm³/mol. The fourth-order valence-corrected chi connectivity index (χ4v) is 1.69. The van der Waals surface area contributed by atoms with Crippen molar-refractivity contribution in [1.29, 1.82) is 0 Å². The van der Waals surface area contributed by atoms with E-state index in [9.17, 15) is 4.79 Å². The van der Waals surface area contributed by atoms with Gasteiger partial charge in [-0.1, -0.05) is 6.92 Å². The zero-order valence-electron chi connectivity index (χ0n) is 11.5. The van der Waals surface area contributed by atoms with Crippen LogP contribution < -0.4 is 4.90 Å². The summed E-state index contributed by atoms with van der Waals surface area (Å²) in [6.07, 6.45) is 0.582. The van der Waals surface area contributed by atoms with E-state index in [1.807, 2.05) is 25.7 Å². The Kier molecular flexibility index (Phi) is 5.61. The summed E-state index contributed by atoms with van der Waals surface area (Å²) in [5, 5.41) is 3.90. The highest BCUT2D eigenvalue weighted by Gasteiger charge is 2.27. The van der Waals surface area contributed by atoms with Gasteiger partial charge in [-0.15, -0.1) is 0 Å². The largest absolute Gasteiger partial charge is 0.465 e.